The van der Waals surface area contributed by atoms with Gasteiger partial charge in [-0.05, 0) is 46.2 Å². The van der Waals surface area contributed by atoms with Crippen LogP contribution >= 0.6 is 11.3 Å². The molecule has 8 aromatic rings. The maximum absolute atomic E-state index is 5.09. The summed E-state index contributed by atoms with van der Waals surface area (Å²) in [4.78, 5) is 15.1. The first-order chi connectivity index (χ1) is 20.3. The highest BCUT2D eigenvalue weighted by atomic mass is 32.1. The number of rotatable bonds is 4. The fraction of sp³-hybridized carbons (Fsp3) is 0. The summed E-state index contributed by atoms with van der Waals surface area (Å²) in [5.74, 6) is 2.02. The fourth-order valence-electron chi connectivity index (χ4n) is 5.46. The van der Waals surface area contributed by atoms with Gasteiger partial charge in [0, 0.05) is 36.9 Å². The Morgan fingerprint density at radius 1 is 0.390 bits per heavy atom. The van der Waals surface area contributed by atoms with Crippen molar-refractivity contribution in [1.82, 2.24) is 15.0 Å². The molecule has 0 aliphatic carbocycles. The van der Waals surface area contributed by atoms with Gasteiger partial charge in [0.25, 0.3) is 0 Å². The Morgan fingerprint density at radius 3 is 1.80 bits per heavy atom. The SMILES string of the molecule is c1ccc(-c2ccc3ccc(-c4nc(-c5ccccc5)nc(-c5cccc6c5sc5ccccc56)n4)cc3c2)cc1. The van der Waals surface area contributed by atoms with Crippen LogP contribution in [0.2, 0.25) is 0 Å². The van der Waals surface area contributed by atoms with Gasteiger partial charge in [0.1, 0.15) is 0 Å². The Bertz CT molecular complexity index is 2200. The average molecular weight is 542 g/mol. The molecule has 2 aromatic heterocycles. The van der Waals surface area contributed by atoms with Crippen LogP contribution in [0.5, 0.6) is 0 Å². The average Bonchev–Trinajstić information content (AvgIpc) is 3.44. The van der Waals surface area contributed by atoms with Crippen LogP contribution in [-0.4, -0.2) is 15.0 Å². The van der Waals surface area contributed by atoms with E-state index in [-0.39, 0.29) is 0 Å². The molecule has 2 heterocycles. The minimum atomic E-state index is 0.666. The highest BCUT2D eigenvalue weighted by molar-refractivity contribution is 7.26. The number of thiophene rings is 1. The Labute approximate surface area is 241 Å². The van der Waals surface area contributed by atoms with Crippen LogP contribution in [0.3, 0.4) is 0 Å². The highest BCUT2D eigenvalue weighted by Crippen LogP contribution is 2.39. The van der Waals surface area contributed by atoms with Crippen molar-refractivity contribution in [3.8, 4) is 45.3 Å². The molecular weight excluding hydrogens is 518 g/mol. The van der Waals surface area contributed by atoms with Crippen molar-refractivity contribution in [1.29, 1.82) is 0 Å². The smallest absolute Gasteiger partial charge is 0.165 e. The van der Waals surface area contributed by atoms with E-state index < -0.39 is 0 Å². The van der Waals surface area contributed by atoms with Gasteiger partial charge in [-0.25, -0.2) is 15.0 Å². The van der Waals surface area contributed by atoms with Gasteiger partial charge in [-0.1, -0.05) is 115 Å². The Hall–Kier alpha value is -5.19. The summed E-state index contributed by atoms with van der Waals surface area (Å²) >= 11 is 1.79. The minimum absolute atomic E-state index is 0.666. The molecule has 0 aliphatic rings. The Kier molecular flexibility index (Phi) is 5.64. The first kappa shape index (κ1) is 23.7. The molecule has 4 heteroatoms. The number of benzene rings is 6. The van der Waals surface area contributed by atoms with Gasteiger partial charge in [0.15, 0.2) is 17.5 Å². The lowest BCUT2D eigenvalue weighted by molar-refractivity contribution is 1.08. The molecule has 0 unspecified atom stereocenters. The van der Waals surface area contributed by atoms with Crippen molar-refractivity contribution in [2.45, 2.75) is 0 Å². The van der Waals surface area contributed by atoms with Gasteiger partial charge < -0.3 is 0 Å². The molecule has 0 radical (unpaired) electrons. The maximum Gasteiger partial charge on any atom is 0.165 e. The molecule has 41 heavy (non-hydrogen) atoms. The number of fused-ring (bicyclic) bond motifs is 4. The summed E-state index contributed by atoms with van der Waals surface area (Å²) in [6.07, 6.45) is 0. The van der Waals surface area contributed by atoms with E-state index in [1.807, 2.05) is 24.3 Å². The van der Waals surface area contributed by atoms with E-state index in [0.29, 0.717) is 17.5 Å². The van der Waals surface area contributed by atoms with Crippen molar-refractivity contribution in [2.24, 2.45) is 0 Å². The zero-order chi connectivity index (χ0) is 27.2. The van der Waals surface area contributed by atoms with Gasteiger partial charge in [0.05, 0.1) is 0 Å². The largest absolute Gasteiger partial charge is 0.208 e. The van der Waals surface area contributed by atoms with E-state index in [9.17, 15) is 0 Å². The zero-order valence-corrected chi connectivity index (χ0v) is 22.8. The van der Waals surface area contributed by atoms with E-state index in [1.165, 1.54) is 36.7 Å². The third-order valence-corrected chi connectivity index (χ3v) is 8.74. The molecule has 0 saturated carbocycles. The number of hydrogen-bond acceptors (Lipinski definition) is 4. The van der Waals surface area contributed by atoms with Gasteiger partial charge in [-0.3, -0.25) is 0 Å². The Morgan fingerprint density at radius 2 is 1.00 bits per heavy atom. The standard InChI is InChI=1S/C37H23N3S/c1-3-10-24(11-4-1)27-20-18-25-19-21-28(23-29(25)22-27)36-38-35(26-12-5-2-6-13-26)39-37(40-36)32-16-9-15-31-30-14-7-8-17-33(30)41-34(31)32/h1-23H. The molecule has 0 atom stereocenters. The van der Waals surface area contributed by atoms with Crippen molar-refractivity contribution in [2.75, 3.05) is 0 Å². The summed E-state index contributed by atoms with van der Waals surface area (Å²) < 4.78 is 2.45. The predicted octanol–water partition coefficient (Wildman–Crippen LogP) is 10.1. The quantitative estimate of drug-likeness (QED) is 0.222. The lowest BCUT2D eigenvalue weighted by Gasteiger charge is -2.10. The molecule has 0 amide bonds. The third kappa shape index (κ3) is 4.26. The van der Waals surface area contributed by atoms with E-state index in [4.69, 9.17) is 15.0 Å². The first-order valence-corrected chi connectivity index (χ1v) is 14.4. The van der Waals surface area contributed by atoms with Crippen molar-refractivity contribution < 1.29 is 0 Å². The summed E-state index contributed by atoms with van der Waals surface area (Å²) in [6.45, 7) is 0. The van der Waals surface area contributed by atoms with E-state index in [1.54, 1.807) is 11.3 Å². The second-order valence-corrected chi connectivity index (χ2v) is 11.1. The van der Waals surface area contributed by atoms with Gasteiger partial charge in [0.2, 0.25) is 0 Å². The third-order valence-electron chi connectivity index (χ3n) is 7.52. The molecule has 8 rings (SSSR count). The fourth-order valence-corrected chi connectivity index (χ4v) is 6.67. The summed E-state index contributed by atoms with van der Waals surface area (Å²) in [5.41, 5.74) is 5.34. The molecule has 0 saturated heterocycles. The van der Waals surface area contributed by atoms with Crippen LogP contribution in [0, 0.1) is 0 Å². The Balaban J connectivity index is 1.33. The summed E-state index contributed by atoms with van der Waals surface area (Å²) in [5, 5.41) is 4.82. The molecule has 6 aromatic carbocycles. The molecule has 0 N–H and O–H groups in total. The van der Waals surface area contributed by atoms with Gasteiger partial charge in [-0.2, -0.15) is 0 Å². The van der Waals surface area contributed by atoms with Gasteiger partial charge in [-0.15, -0.1) is 11.3 Å². The van der Waals surface area contributed by atoms with Crippen LogP contribution in [0.4, 0.5) is 0 Å². The lowest BCUT2D eigenvalue weighted by Crippen LogP contribution is -2.00. The van der Waals surface area contributed by atoms with Crippen molar-refractivity contribution >= 4 is 42.3 Å². The molecule has 0 spiro atoms. The molecule has 192 valence electrons. The van der Waals surface area contributed by atoms with E-state index in [0.717, 1.165) is 22.1 Å². The monoisotopic (exact) mass is 541 g/mol. The molecule has 0 fully saturated rings. The van der Waals surface area contributed by atoms with Crippen molar-refractivity contribution in [3.05, 3.63) is 140 Å². The normalized spacial score (nSPS) is 11.4. The van der Waals surface area contributed by atoms with Crippen LogP contribution in [0.15, 0.2) is 140 Å². The van der Waals surface area contributed by atoms with Crippen LogP contribution < -0.4 is 0 Å². The first-order valence-electron chi connectivity index (χ1n) is 13.6. The second-order valence-electron chi connectivity index (χ2n) is 10.1. The number of aromatic nitrogens is 3. The van der Waals surface area contributed by atoms with Gasteiger partial charge >= 0.3 is 0 Å². The van der Waals surface area contributed by atoms with E-state index in [2.05, 4.69) is 115 Å². The van der Waals surface area contributed by atoms with Crippen molar-refractivity contribution in [3.63, 3.8) is 0 Å². The number of hydrogen-bond donors (Lipinski definition) is 0. The second kappa shape index (κ2) is 9.77. The predicted molar refractivity (Wildman–Crippen MR) is 172 cm³/mol. The van der Waals surface area contributed by atoms with Crippen LogP contribution in [0.25, 0.3) is 76.2 Å². The summed E-state index contributed by atoms with van der Waals surface area (Å²) in [6, 6.07) is 48.6. The van der Waals surface area contributed by atoms with Crippen LogP contribution in [-0.2, 0) is 0 Å². The zero-order valence-electron chi connectivity index (χ0n) is 22.0. The van der Waals surface area contributed by atoms with Crippen LogP contribution in [0.1, 0.15) is 0 Å². The topological polar surface area (TPSA) is 38.7 Å². The molecule has 0 aliphatic heterocycles. The maximum atomic E-state index is 5.09. The molecular formula is C37H23N3S. The summed E-state index contributed by atoms with van der Waals surface area (Å²) in [7, 11) is 0. The molecule has 3 nitrogen and oxygen atoms in total. The minimum Gasteiger partial charge on any atom is -0.208 e. The molecule has 0 bridgehead atoms. The lowest BCUT2D eigenvalue weighted by atomic mass is 10.00. The highest BCUT2D eigenvalue weighted by Gasteiger charge is 2.16. The number of nitrogens with zero attached hydrogens (tertiary/aromatic N) is 3. The van der Waals surface area contributed by atoms with E-state index >= 15 is 0 Å².